The third kappa shape index (κ3) is 7.28. The fourth-order valence-corrected chi connectivity index (χ4v) is 2.42. The van der Waals surface area contributed by atoms with Crippen LogP contribution < -0.4 is 0 Å². The molecular formula is C19H31NO4. The van der Waals surface area contributed by atoms with E-state index in [0.29, 0.717) is 13.0 Å². The van der Waals surface area contributed by atoms with Crippen molar-refractivity contribution in [2.75, 3.05) is 6.54 Å². The van der Waals surface area contributed by atoms with Crippen molar-refractivity contribution in [3.05, 3.63) is 12.2 Å². The number of ketones is 2. The highest BCUT2D eigenvalue weighted by Gasteiger charge is 2.39. The van der Waals surface area contributed by atoms with Crippen LogP contribution in [0, 0.1) is 5.92 Å². The fourth-order valence-electron chi connectivity index (χ4n) is 2.42. The van der Waals surface area contributed by atoms with Crippen molar-refractivity contribution < 1.29 is 19.1 Å². The Morgan fingerprint density at radius 2 is 1.88 bits per heavy atom. The van der Waals surface area contributed by atoms with E-state index in [1.54, 1.807) is 11.0 Å². The lowest BCUT2D eigenvalue weighted by atomic mass is 10.0. The van der Waals surface area contributed by atoms with Gasteiger partial charge >= 0.3 is 6.09 Å². The maximum absolute atomic E-state index is 12.7. The number of rotatable bonds is 9. The van der Waals surface area contributed by atoms with E-state index in [2.05, 4.69) is 0 Å². The summed E-state index contributed by atoms with van der Waals surface area (Å²) in [4.78, 5) is 38.0. The molecule has 0 aromatic heterocycles. The molecule has 0 saturated heterocycles. The summed E-state index contributed by atoms with van der Waals surface area (Å²) in [5, 5.41) is 0. The van der Waals surface area contributed by atoms with Crippen LogP contribution in [-0.2, 0) is 14.3 Å². The standard InChI is InChI=1S/C19H31NO4/c1-6-7-13-20(18(23)24-19(3,4)5)16(10-8-9-14(2)21)17(22)15-11-12-15/h8-9,15-16H,6-7,10-13H2,1-5H3. The van der Waals surface area contributed by atoms with Crippen molar-refractivity contribution in [3.8, 4) is 0 Å². The Kier molecular flexibility index (Phi) is 7.64. The summed E-state index contributed by atoms with van der Waals surface area (Å²) in [5.41, 5.74) is -0.607. The third-order valence-electron chi connectivity index (χ3n) is 3.78. The first-order chi connectivity index (χ1) is 11.2. The number of amides is 1. The summed E-state index contributed by atoms with van der Waals surface area (Å²) >= 11 is 0. The Labute approximate surface area is 145 Å². The molecule has 1 rings (SSSR count). The zero-order valence-corrected chi connectivity index (χ0v) is 15.6. The minimum atomic E-state index is -0.607. The van der Waals surface area contributed by atoms with Crippen LogP contribution in [0.15, 0.2) is 12.2 Å². The lowest BCUT2D eigenvalue weighted by molar-refractivity contribution is -0.125. The minimum absolute atomic E-state index is 0.0484. The topological polar surface area (TPSA) is 63.7 Å². The first kappa shape index (κ1) is 20.4. The molecule has 0 aliphatic heterocycles. The van der Waals surface area contributed by atoms with Crippen molar-refractivity contribution in [1.29, 1.82) is 0 Å². The fraction of sp³-hybridized carbons (Fsp3) is 0.737. The molecule has 1 fully saturated rings. The zero-order chi connectivity index (χ0) is 18.3. The van der Waals surface area contributed by atoms with Crippen molar-refractivity contribution >= 4 is 17.7 Å². The molecule has 1 atom stereocenters. The van der Waals surface area contributed by atoms with Crippen LogP contribution in [-0.4, -0.2) is 40.7 Å². The molecule has 1 amide bonds. The molecule has 0 aromatic carbocycles. The van der Waals surface area contributed by atoms with Crippen molar-refractivity contribution in [2.45, 2.75) is 78.4 Å². The van der Waals surface area contributed by atoms with E-state index in [9.17, 15) is 14.4 Å². The molecule has 1 unspecified atom stereocenters. The number of unbranched alkanes of at least 4 members (excludes halogenated alkanes) is 1. The lowest BCUT2D eigenvalue weighted by Crippen LogP contribution is -2.48. The van der Waals surface area contributed by atoms with Crippen LogP contribution in [0.5, 0.6) is 0 Å². The lowest BCUT2D eigenvalue weighted by Gasteiger charge is -2.32. The van der Waals surface area contributed by atoms with E-state index in [0.717, 1.165) is 25.7 Å². The average Bonchev–Trinajstić information content (AvgIpc) is 3.27. The monoisotopic (exact) mass is 337 g/mol. The van der Waals surface area contributed by atoms with Crippen LogP contribution in [0.4, 0.5) is 4.79 Å². The number of allylic oxidation sites excluding steroid dienone is 1. The van der Waals surface area contributed by atoms with Crippen molar-refractivity contribution in [3.63, 3.8) is 0 Å². The maximum Gasteiger partial charge on any atom is 0.410 e. The van der Waals surface area contributed by atoms with Crippen LogP contribution in [0.1, 0.15) is 66.7 Å². The number of carbonyl (C=O) groups is 3. The third-order valence-corrected chi connectivity index (χ3v) is 3.78. The number of Topliss-reactive ketones (excluding diaryl/α,β-unsaturated/α-hetero) is 1. The van der Waals surface area contributed by atoms with E-state index in [-0.39, 0.29) is 17.5 Å². The second-order valence-electron chi connectivity index (χ2n) is 7.47. The molecule has 1 saturated carbocycles. The van der Waals surface area contributed by atoms with Gasteiger partial charge in [0.05, 0.1) is 6.04 Å². The smallest absolute Gasteiger partial charge is 0.410 e. The number of nitrogens with zero attached hydrogens (tertiary/aromatic N) is 1. The predicted octanol–water partition coefficient (Wildman–Crippen LogP) is 3.91. The van der Waals surface area contributed by atoms with Gasteiger partial charge in [0, 0.05) is 12.5 Å². The number of hydrogen-bond donors (Lipinski definition) is 0. The van der Waals surface area contributed by atoms with Crippen LogP contribution in [0.2, 0.25) is 0 Å². The molecule has 0 radical (unpaired) electrons. The molecule has 1 aliphatic carbocycles. The Morgan fingerprint density at radius 3 is 2.33 bits per heavy atom. The Morgan fingerprint density at radius 1 is 1.25 bits per heavy atom. The Hall–Kier alpha value is -1.65. The van der Waals surface area contributed by atoms with Gasteiger partial charge in [-0.05, 0) is 59.5 Å². The summed E-state index contributed by atoms with van der Waals surface area (Å²) < 4.78 is 5.50. The quantitative estimate of drug-likeness (QED) is 0.598. The first-order valence-electron chi connectivity index (χ1n) is 8.86. The largest absolute Gasteiger partial charge is 0.444 e. The SMILES string of the molecule is CCCCN(C(=O)OC(C)(C)C)C(CC=CC(C)=O)C(=O)C1CC1. The van der Waals surface area contributed by atoms with Gasteiger partial charge in [-0.15, -0.1) is 0 Å². The van der Waals surface area contributed by atoms with Gasteiger partial charge in [0.2, 0.25) is 0 Å². The molecule has 136 valence electrons. The van der Waals surface area contributed by atoms with E-state index < -0.39 is 17.7 Å². The normalized spacial score (nSPS) is 16.0. The summed E-state index contributed by atoms with van der Waals surface area (Å²) in [7, 11) is 0. The number of hydrogen-bond acceptors (Lipinski definition) is 4. The summed E-state index contributed by atoms with van der Waals surface area (Å²) in [6, 6.07) is -0.547. The van der Waals surface area contributed by atoms with Gasteiger partial charge in [-0.3, -0.25) is 14.5 Å². The van der Waals surface area contributed by atoms with E-state index in [1.807, 2.05) is 27.7 Å². The van der Waals surface area contributed by atoms with Gasteiger partial charge in [-0.1, -0.05) is 19.4 Å². The molecule has 0 bridgehead atoms. The second-order valence-corrected chi connectivity index (χ2v) is 7.47. The molecule has 5 heteroatoms. The average molecular weight is 337 g/mol. The molecule has 1 aliphatic rings. The zero-order valence-electron chi connectivity index (χ0n) is 15.6. The molecular weight excluding hydrogens is 306 g/mol. The second kappa shape index (κ2) is 9.00. The van der Waals surface area contributed by atoms with Crippen molar-refractivity contribution in [2.24, 2.45) is 5.92 Å². The molecule has 0 N–H and O–H groups in total. The van der Waals surface area contributed by atoms with Gasteiger partial charge in [-0.2, -0.15) is 0 Å². The summed E-state index contributed by atoms with van der Waals surface area (Å²) in [6.07, 6.45) is 6.57. The Balaban J connectivity index is 2.96. The van der Waals surface area contributed by atoms with E-state index in [4.69, 9.17) is 4.74 Å². The predicted molar refractivity (Wildman–Crippen MR) is 93.8 cm³/mol. The molecule has 0 heterocycles. The highest BCUT2D eigenvalue weighted by molar-refractivity contribution is 5.91. The molecule has 0 aromatic rings. The number of ether oxygens (including phenoxy) is 1. The van der Waals surface area contributed by atoms with Gasteiger partial charge in [0.1, 0.15) is 5.60 Å². The van der Waals surface area contributed by atoms with Gasteiger partial charge in [0.15, 0.2) is 11.6 Å². The summed E-state index contributed by atoms with van der Waals surface area (Å²) in [6.45, 7) is 9.45. The highest BCUT2D eigenvalue weighted by atomic mass is 16.6. The van der Waals surface area contributed by atoms with Crippen molar-refractivity contribution in [1.82, 2.24) is 4.90 Å². The van der Waals surface area contributed by atoms with Crippen LogP contribution in [0.25, 0.3) is 0 Å². The maximum atomic E-state index is 12.7. The van der Waals surface area contributed by atoms with E-state index in [1.165, 1.54) is 13.0 Å². The van der Waals surface area contributed by atoms with Gasteiger partial charge in [-0.25, -0.2) is 4.79 Å². The molecule has 5 nitrogen and oxygen atoms in total. The summed E-state index contributed by atoms with van der Waals surface area (Å²) in [5.74, 6) is 0.0717. The Bertz CT molecular complexity index is 486. The number of carbonyl (C=O) groups excluding carboxylic acids is 3. The highest BCUT2D eigenvalue weighted by Crippen LogP contribution is 2.33. The molecule has 0 spiro atoms. The van der Waals surface area contributed by atoms with E-state index >= 15 is 0 Å². The van der Waals surface area contributed by atoms with Crippen LogP contribution in [0.3, 0.4) is 0 Å². The van der Waals surface area contributed by atoms with Crippen LogP contribution >= 0.6 is 0 Å². The molecule has 24 heavy (non-hydrogen) atoms. The minimum Gasteiger partial charge on any atom is -0.444 e. The van der Waals surface area contributed by atoms with Gasteiger partial charge in [0.25, 0.3) is 0 Å². The van der Waals surface area contributed by atoms with Gasteiger partial charge < -0.3 is 4.74 Å². The first-order valence-corrected chi connectivity index (χ1v) is 8.86.